The highest BCUT2D eigenvalue weighted by atomic mass is 16.5. The molecule has 0 spiro atoms. The van der Waals surface area contributed by atoms with Gasteiger partial charge in [-0.25, -0.2) is 4.98 Å². The number of nitrogens with zero attached hydrogens (tertiary/aromatic N) is 1. The van der Waals surface area contributed by atoms with Crippen molar-refractivity contribution in [3.63, 3.8) is 0 Å². The zero-order chi connectivity index (χ0) is 20.9. The Labute approximate surface area is 175 Å². The number of amides is 1. The molecule has 2 aromatic carbocycles. The minimum atomic E-state index is -0.163. The molecular weight excluding hydrogens is 380 g/mol. The van der Waals surface area contributed by atoms with Crippen molar-refractivity contribution in [2.24, 2.45) is 0 Å². The maximum Gasteiger partial charge on any atom is 0.279 e. The number of anilines is 1. The highest BCUT2D eigenvalue weighted by Crippen LogP contribution is 2.24. The summed E-state index contributed by atoms with van der Waals surface area (Å²) in [6.07, 6.45) is 3.37. The van der Waals surface area contributed by atoms with Crippen LogP contribution >= 0.6 is 0 Å². The number of aromatic amines is 1. The number of fused-ring (bicyclic) bond motifs is 2. The Balaban J connectivity index is 1.46. The van der Waals surface area contributed by atoms with Gasteiger partial charge in [0, 0.05) is 12.8 Å². The Morgan fingerprint density at radius 3 is 2.90 bits per heavy atom. The molecule has 7 heteroatoms. The van der Waals surface area contributed by atoms with Crippen LogP contribution in [0.5, 0.6) is 0 Å². The maximum absolute atomic E-state index is 12.7. The minimum absolute atomic E-state index is 0.0674. The molecule has 7 nitrogen and oxygen atoms in total. The number of para-hydroxylation sites is 1. The van der Waals surface area contributed by atoms with E-state index in [4.69, 9.17) is 4.74 Å². The average Bonchev–Trinajstić information content (AvgIpc) is 3.20. The first-order valence-electron chi connectivity index (χ1n) is 10.3. The second-order valence-corrected chi connectivity index (χ2v) is 7.76. The van der Waals surface area contributed by atoms with Gasteiger partial charge in [0.2, 0.25) is 0 Å². The number of aryl methyl sites for hydroxylation is 2. The number of H-pyrrole nitrogens is 1. The zero-order valence-electron chi connectivity index (χ0n) is 17.2. The first-order valence-corrected chi connectivity index (χ1v) is 10.3. The molecule has 1 aliphatic rings. The lowest BCUT2D eigenvalue weighted by molar-refractivity contribution is -0.906. The zero-order valence-corrected chi connectivity index (χ0v) is 17.2. The summed E-state index contributed by atoms with van der Waals surface area (Å²) in [5.41, 5.74) is 4.04. The van der Waals surface area contributed by atoms with Gasteiger partial charge in [-0.3, -0.25) is 9.59 Å². The van der Waals surface area contributed by atoms with Gasteiger partial charge in [0.1, 0.15) is 13.1 Å². The number of carbonyl (C=O) groups is 1. The molecule has 1 atom stereocenters. The summed E-state index contributed by atoms with van der Waals surface area (Å²) < 4.78 is 5.21. The van der Waals surface area contributed by atoms with E-state index in [1.165, 1.54) is 17.5 Å². The van der Waals surface area contributed by atoms with Crippen LogP contribution < -0.4 is 15.8 Å². The van der Waals surface area contributed by atoms with Crippen LogP contribution in [0, 0.1) is 0 Å². The third-order valence-electron chi connectivity index (χ3n) is 5.53. The van der Waals surface area contributed by atoms with Gasteiger partial charge >= 0.3 is 0 Å². The Morgan fingerprint density at radius 2 is 2.03 bits per heavy atom. The Bertz CT molecular complexity index is 1110. The molecule has 0 bridgehead atoms. The van der Waals surface area contributed by atoms with E-state index in [2.05, 4.69) is 27.4 Å². The highest BCUT2D eigenvalue weighted by molar-refractivity contribution is 5.91. The number of rotatable bonds is 8. The topological polar surface area (TPSA) is 88.5 Å². The van der Waals surface area contributed by atoms with Crippen LogP contribution in [0.25, 0.3) is 10.9 Å². The van der Waals surface area contributed by atoms with Gasteiger partial charge in [0.05, 0.1) is 17.5 Å². The number of hydrogen-bond donors (Lipinski definition) is 3. The Kier molecular flexibility index (Phi) is 6.21. The molecule has 30 heavy (non-hydrogen) atoms. The minimum Gasteiger partial charge on any atom is -0.379 e. The summed E-state index contributed by atoms with van der Waals surface area (Å²) in [5, 5.41) is 3.58. The highest BCUT2D eigenvalue weighted by Gasteiger charge is 2.18. The molecule has 156 valence electrons. The smallest absolute Gasteiger partial charge is 0.279 e. The summed E-state index contributed by atoms with van der Waals surface area (Å²) in [6, 6.07) is 13.4. The molecule has 0 aliphatic heterocycles. The first kappa shape index (κ1) is 20.3. The molecule has 1 amide bonds. The number of methoxy groups -OCH3 is 1. The third kappa shape index (κ3) is 4.75. The SMILES string of the molecule is COCC[NH+](CC(=O)Nc1ccc2c(c1)CCC2)Cc1nc2ccccc2c(=O)[nH]1. The van der Waals surface area contributed by atoms with Crippen molar-refractivity contribution in [1.82, 2.24) is 9.97 Å². The number of aromatic nitrogens is 2. The largest absolute Gasteiger partial charge is 0.379 e. The number of quaternary nitrogens is 1. The van der Waals surface area contributed by atoms with E-state index in [-0.39, 0.29) is 18.0 Å². The van der Waals surface area contributed by atoms with E-state index < -0.39 is 0 Å². The Hall–Kier alpha value is -3.03. The van der Waals surface area contributed by atoms with Crippen LogP contribution in [-0.2, 0) is 28.9 Å². The maximum atomic E-state index is 12.7. The van der Waals surface area contributed by atoms with E-state index in [0.717, 1.165) is 23.4 Å². The van der Waals surface area contributed by atoms with Crippen LogP contribution in [0.2, 0.25) is 0 Å². The van der Waals surface area contributed by atoms with E-state index in [1.54, 1.807) is 13.2 Å². The number of hydrogen-bond acceptors (Lipinski definition) is 4. The van der Waals surface area contributed by atoms with Crippen molar-refractivity contribution in [2.75, 3.05) is 32.1 Å². The second-order valence-electron chi connectivity index (χ2n) is 7.76. The molecule has 1 unspecified atom stereocenters. The molecule has 3 aromatic rings. The molecule has 1 aromatic heterocycles. The summed E-state index contributed by atoms with van der Waals surface area (Å²) in [5.74, 6) is 0.498. The van der Waals surface area contributed by atoms with Crippen LogP contribution in [0.15, 0.2) is 47.3 Å². The number of ether oxygens (including phenoxy) is 1. The van der Waals surface area contributed by atoms with Crippen molar-refractivity contribution in [3.05, 3.63) is 69.8 Å². The summed E-state index contributed by atoms with van der Waals surface area (Å²) in [6.45, 7) is 1.84. The number of nitrogens with one attached hydrogen (secondary N) is 3. The van der Waals surface area contributed by atoms with Crippen molar-refractivity contribution in [1.29, 1.82) is 0 Å². The summed E-state index contributed by atoms with van der Waals surface area (Å²) >= 11 is 0. The lowest BCUT2D eigenvalue weighted by Gasteiger charge is -2.18. The fourth-order valence-corrected chi connectivity index (χ4v) is 4.02. The fraction of sp³-hybridized carbons (Fsp3) is 0.348. The molecule has 3 N–H and O–H groups in total. The van der Waals surface area contributed by atoms with Crippen molar-refractivity contribution in [3.8, 4) is 0 Å². The lowest BCUT2D eigenvalue weighted by atomic mass is 10.1. The predicted octanol–water partition coefficient (Wildman–Crippen LogP) is 1.08. The van der Waals surface area contributed by atoms with E-state index in [0.29, 0.717) is 36.4 Å². The van der Waals surface area contributed by atoms with Gasteiger partial charge in [-0.1, -0.05) is 18.2 Å². The molecule has 0 saturated heterocycles. The second kappa shape index (κ2) is 9.19. The first-order chi connectivity index (χ1) is 14.6. The Morgan fingerprint density at radius 1 is 1.20 bits per heavy atom. The molecule has 0 radical (unpaired) electrons. The number of carbonyl (C=O) groups excluding carboxylic acids is 1. The molecule has 1 aliphatic carbocycles. The molecule has 4 rings (SSSR count). The standard InChI is InChI=1S/C23H26N4O3/c1-30-12-11-27(14-21-25-20-8-3-2-7-19(20)23(29)26-21)15-22(28)24-18-10-9-16-5-4-6-17(16)13-18/h2-3,7-10,13H,4-6,11-12,14-15H2,1H3,(H,24,28)(H,25,26,29)/p+1. The van der Waals surface area contributed by atoms with Gasteiger partial charge in [0.15, 0.2) is 12.4 Å². The average molecular weight is 407 g/mol. The van der Waals surface area contributed by atoms with Crippen LogP contribution in [0.3, 0.4) is 0 Å². The van der Waals surface area contributed by atoms with E-state index in [1.807, 2.05) is 24.3 Å². The normalized spacial score (nSPS) is 13.9. The van der Waals surface area contributed by atoms with Crippen molar-refractivity contribution in [2.45, 2.75) is 25.8 Å². The molecule has 0 fully saturated rings. The van der Waals surface area contributed by atoms with Crippen LogP contribution in [0.4, 0.5) is 5.69 Å². The van der Waals surface area contributed by atoms with Crippen LogP contribution in [0.1, 0.15) is 23.4 Å². The van der Waals surface area contributed by atoms with E-state index in [9.17, 15) is 9.59 Å². The summed E-state index contributed by atoms with van der Waals surface area (Å²) in [7, 11) is 1.64. The quantitative estimate of drug-likeness (QED) is 0.521. The van der Waals surface area contributed by atoms with Gasteiger partial charge in [-0.15, -0.1) is 0 Å². The summed E-state index contributed by atoms with van der Waals surface area (Å²) in [4.78, 5) is 33.4. The lowest BCUT2D eigenvalue weighted by Crippen LogP contribution is -3.12. The van der Waals surface area contributed by atoms with Gasteiger partial charge < -0.3 is 19.9 Å². The third-order valence-corrected chi connectivity index (χ3v) is 5.53. The monoisotopic (exact) mass is 407 g/mol. The van der Waals surface area contributed by atoms with Gasteiger partial charge in [-0.05, 0) is 54.7 Å². The van der Waals surface area contributed by atoms with Gasteiger partial charge in [0.25, 0.3) is 11.5 Å². The van der Waals surface area contributed by atoms with Crippen molar-refractivity contribution < 1.29 is 14.4 Å². The van der Waals surface area contributed by atoms with E-state index >= 15 is 0 Å². The molecule has 0 saturated carbocycles. The van der Waals surface area contributed by atoms with Crippen LogP contribution in [-0.4, -0.2) is 42.7 Å². The van der Waals surface area contributed by atoms with Crippen molar-refractivity contribution >= 4 is 22.5 Å². The fourth-order valence-electron chi connectivity index (χ4n) is 4.02. The predicted molar refractivity (Wildman–Crippen MR) is 116 cm³/mol. The van der Waals surface area contributed by atoms with Gasteiger partial charge in [-0.2, -0.15) is 0 Å². The molecular formula is C23H27N4O3+. The molecule has 1 heterocycles. The number of benzene rings is 2.